The molecule has 150 valence electrons. The molecular formula is C21H32N2O4. The number of benzene rings is 1. The highest BCUT2D eigenvalue weighted by Gasteiger charge is 2.62. The van der Waals surface area contributed by atoms with Gasteiger partial charge in [0, 0.05) is 42.5 Å². The minimum atomic E-state index is -0.930. The van der Waals surface area contributed by atoms with Gasteiger partial charge in [-0.1, -0.05) is 13.8 Å². The molecule has 1 amide bonds. The van der Waals surface area contributed by atoms with Gasteiger partial charge in [0.15, 0.2) is 0 Å². The third-order valence-electron chi connectivity index (χ3n) is 6.05. The van der Waals surface area contributed by atoms with Gasteiger partial charge in [-0.25, -0.2) is 0 Å². The van der Waals surface area contributed by atoms with E-state index in [0.29, 0.717) is 26.2 Å². The molecule has 1 fully saturated rings. The maximum Gasteiger partial charge on any atom is 0.241 e. The van der Waals surface area contributed by atoms with Crippen molar-refractivity contribution in [2.75, 3.05) is 13.2 Å². The average Bonchev–Trinajstić information content (AvgIpc) is 2.98. The highest BCUT2D eigenvalue weighted by molar-refractivity contribution is 5.88. The standard InChI is InChI=1S/C21H32N2O4/c1-6-25-16-9-14-8-13(3)27-17(14)10-15(16)12-23-19(24)21(22)11-18(26-7-2)20(21,4)5/h9-10,13,18H,6-8,11-12,22H2,1-5H3,(H,23,24). The molecule has 0 aromatic heterocycles. The lowest BCUT2D eigenvalue weighted by atomic mass is 9.54. The second-order valence-corrected chi connectivity index (χ2v) is 8.16. The Morgan fingerprint density at radius 2 is 2.07 bits per heavy atom. The summed E-state index contributed by atoms with van der Waals surface area (Å²) in [5.74, 6) is 1.51. The van der Waals surface area contributed by atoms with Crippen LogP contribution in [0.2, 0.25) is 0 Å². The summed E-state index contributed by atoms with van der Waals surface area (Å²) in [5, 5.41) is 3.01. The topological polar surface area (TPSA) is 82.8 Å². The van der Waals surface area contributed by atoms with Crippen molar-refractivity contribution in [1.29, 1.82) is 0 Å². The van der Waals surface area contributed by atoms with E-state index in [1.165, 1.54) is 0 Å². The van der Waals surface area contributed by atoms with Crippen molar-refractivity contribution in [2.45, 2.75) is 71.8 Å². The third-order valence-corrected chi connectivity index (χ3v) is 6.05. The molecule has 1 aliphatic heterocycles. The van der Waals surface area contributed by atoms with Crippen LogP contribution in [0.3, 0.4) is 0 Å². The molecule has 3 unspecified atom stereocenters. The van der Waals surface area contributed by atoms with Gasteiger partial charge in [-0.05, 0) is 32.9 Å². The van der Waals surface area contributed by atoms with E-state index in [2.05, 4.69) is 5.32 Å². The van der Waals surface area contributed by atoms with Crippen LogP contribution < -0.4 is 20.5 Å². The van der Waals surface area contributed by atoms with Crippen molar-refractivity contribution in [1.82, 2.24) is 5.32 Å². The largest absolute Gasteiger partial charge is 0.494 e. The van der Waals surface area contributed by atoms with Crippen molar-refractivity contribution in [3.8, 4) is 11.5 Å². The highest BCUT2D eigenvalue weighted by Crippen LogP contribution is 2.50. The first kappa shape index (κ1) is 20.0. The Morgan fingerprint density at radius 1 is 1.33 bits per heavy atom. The fraction of sp³-hybridized carbons (Fsp3) is 0.667. The lowest BCUT2D eigenvalue weighted by Gasteiger charge is -2.57. The van der Waals surface area contributed by atoms with E-state index in [4.69, 9.17) is 19.9 Å². The molecule has 1 aromatic carbocycles. The lowest BCUT2D eigenvalue weighted by Crippen LogP contribution is -2.75. The number of ether oxygens (including phenoxy) is 3. The zero-order chi connectivity index (χ0) is 19.8. The number of nitrogens with two attached hydrogens (primary N) is 1. The first-order chi connectivity index (χ1) is 12.7. The van der Waals surface area contributed by atoms with Gasteiger partial charge in [0.25, 0.3) is 0 Å². The molecule has 0 radical (unpaired) electrons. The Balaban J connectivity index is 1.71. The smallest absolute Gasteiger partial charge is 0.241 e. The summed E-state index contributed by atoms with van der Waals surface area (Å²) < 4.78 is 17.4. The van der Waals surface area contributed by atoms with Crippen molar-refractivity contribution < 1.29 is 19.0 Å². The summed E-state index contributed by atoms with van der Waals surface area (Å²) in [5.41, 5.74) is 7.18. The molecule has 27 heavy (non-hydrogen) atoms. The summed E-state index contributed by atoms with van der Waals surface area (Å²) in [7, 11) is 0. The monoisotopic (exact) mass is 376 g/mol. The number of carbonyl (C=O) groups excluding carboxylic acids is 1. The van der Waals surface area contributed by atoms with Crippen LogP contribution in [0.5, 0.6) is 11.5 Å². The zero-order valence-electron chi connectivity index (χ0n) is 17.1. The minimum Gasteiger partial charge on any atom is -0.494 e. The third kappa shape index (κ3) is 3.41. The van der Waals surface area contributed by atoms with Crippen LogP contribution in [-0.4, -0.2) is 36.9 Å². The van der Waals surface area contributed by atoms with Gasteiger partial charge in [0.2, 0.25) is 5.91 Å². The summed E-state index contributed by atoms with van der Waals surface area (Å²) in [6.07, 6.45) is 1.58. The van der Waals surface area contributed by atoms with Crippen LogP contribution in [0.4, 0.5) is 0 Å². The summed E-state index contributed by atoms with van der Waals surface area (Å²) in [6, 6.07) is 4.00. The number of carbonyl (C=O) groups is 1. The number of fused-ring (bicyclic) bond motifs is 1. The summed E-state index contributed by atoms with van der Waals surface area (Å²) in [4.78, 5) is 12.9. The predicted molar refractivity (Wildman–Crippen MR) is 104 cm³/mol. The quantitative estimate of drug-likeness (QED) is 0.764. The van der Waals surface area contributed by atoms with Gasteiger partial charge < -0.3 is 25.3 Å². The fourth-order valence-corrected chi connectivity index (χ4v) is 4.06. The maximum atomic E-state index is 12.9. The van der Waals surface area contributed by atoms with Crippen molar-refractivity contribution in [3.63, 3.8) is 0 Å². The van der Waals surface area contributed by atoms with Gasteiger partial charge in [0.1, 0.15) is 23.1 Å². The predicted octanol–water partition coefficient (Wildman–Crippen LogP) is 2.56. The second-order valence-electron chi connectivity index (χ2n) is 8.16. The molecule has 0 saturated heterocycles. The molecule has 1 heterocycles. The number of nitrogens with one attached hydrogen (secondary N) is 1. The average molecular weight is 376 g/mol. The molecule has 6 nitrogen and oxygen atoms in total. The molecule has 1 saturated carbocycles. The minimum absolute atomic E-state index is 0.00659. The molecule has 1 aliphatic carbocycles. The van der Waals surface area contributed by atoms with E-state index >= 15 is 0 Å². The first-order valence-corrected chi connectivity index (χ1v) is 9.87. The number of hydrogen-bond acceptors (Lipinski definition) is 5. The van der Waals surface area contributed by atoms with Crippen LogP contribution in [0.1, 0.15) is 52.2 Å². The Morgan fingerprint density at radius 3 is 2.70 bits per heavy atom. The Labute approximate surface area is 161 Å². The number of rotatable bonds is 7. The molecular weight excluding hydrogens is 344 g/mol. The number of amides is 1. The van der Waals surface area contributed by atoms with Gasteiger partial charge >= 0.3 is 0 Å². The molecule has 3 N–H and O–H groups in total. The summed E-state index contributed by atoms with van der Waals surface area (Å²) >= 11 is 0. The Bertz CT molecular complexity index is 718. The molecule has 3 atom stereocenters. The molecule has 6 heteroatoms. The fourth-order valence-electron chi connectivity index (χ4n) is 4.06. The Hall–Kier alpha value is -1.79. The van der Waals surface area contributed by atoms with Crippen LogP contribution in [0.15, 0.2) is 12.1 Å². The molecule has 1 aromatic rings. The summed E-state index contributed by atoms with van der Waals surface area (Å²) in [6.45, 7) is 11.5. The normalized spacial score (nSPS) is 28.1. The van der Waals surface area contributed by atoms with Crippen LogP contribution in [0.25, 0.3) is 0 Å². The van der Waals surface area contributed by atoms with Crippen molar-refractivity contribution in [3.05, 3.63) is 23.3 Å². The van der Waals surface area contributed by atoms with Crippen LogP contribution in [-0.2, 0) is 22.5 Å². The van der Waals surface area contributed by atoms with Gasteiger partial charge in [-0.15, -0.1) is 0 Å². The van der Waals surface area contributed by atoms with Crippen molar-refractivity contribution in [2.24, 2.45) is 11.1 Å². The molecule has 2 aliphatic rings. The van der Waals surface area contributed by atoms with E-state index in [-0.39, 0.29) is 18.1 Å². The van der Waals surface area contributed by atoms with E-state index in [1.807, 2.05) is 46.8 Å². The van der Waals surface area contributed by atoms with Crippen molar-refractivity contribution >= 4 is 5.91 Å². The van der Waals surface area contributed by atoms with Gasteiger partial charge in [-0.2, -0.15) is 0 Å². The van der Waals surface area contributed by atoms with E-state index < -0.39 is 11.0 Å². The van der Waals surface area contributed by atoms with Crippen LogP contribution in [0, 0.1) is 5.41 Å². The van der Waals surface area contributed by atoms with E-state index in [1.54, 1.807) is 0 Å². The van der Waals surface area contributed by atoms with E-state index in [0.717, 1.165) is 29.0 Å². The van der Waals surface area contributed by atoms with Gasteiger partial charge in [0.05, 0.1) is 12.7 Å². The first-order valence-electron chi connectivity index (χ1n) is 9.87. The molecule has 3 rings (SSSR count). The van der Waals surface area contributed by atoms with Gasteiger partial charge in [-0.3, -0.25) is 4.79 Å². The second kappa shape index (κ2) is 7.32. The number of hydrogen-bond donors (Lipinski definition) is 2. The van der Waals surface area contributed by atoms with Crippen LogP contribution >= 0.6 is 0 Å². The maximum absolute atomic E-state index is 12.9. The lowest BCUT2D eigenvalue weighted by molar-refractivity contribution is -0.170. The van der Waals surface area contributed by atoms with E-state index in [9.17, 15) is 4.79 Å². The molecule has 0 spiro atoms. The Kier molecular flexibility index (Phi) is 5.41. The molecule has 0 bridgehead atoms. The zero-order valence-corrected chi connectivity index (χ0v) is 17.1. The SMILES string of the molecule is CCOc1cc2c(cc1CNC(=O)C1(N)CC(OCC)C1(C)C)OC(C)C2. The highest BCUT2D eigenvalue weighted by atomic mass is 16.5.